The highest BCUT2D eigenvalue weighted by Crippen LogP contribution is 2.37. The fourth-order valence-electron chi connectivity index (χ4n) is 4.53. The number of benzene rings is 3. The number of fused-ring (bicyclic) bond motifs is 3. The van der Waals surface area contributed by atoms with Gasteiger partial charge in [-0.3, -0.25) is 9.59 Å². The molecule has 0 fully saturated rings. The molecule has 2 heterocycles. The molecule has 7 nitrogen and oxygen atoms in total. The highest BCUT2D eigenvalue weighted by Gasteiger charge is 2.31. The molecule has 37 heavy (non-hydrogen) atoms. The van der Waals surface area contributed by atoms with Gasteiger partial charge in [-0.25, -0.2) is 14.8 Å². The lowest BCUT2D eigenvalue weighted by atomic mass is 9.83. The number of anilines is 2. The van der Waals surface area contributed by atoms with Crippen molar-refractivity contribution in [3.05, 3.63) is 117 Å². The molecular formula is C29H19N3O4S. The Bertz CT molecular complexity index is 1730. The fourth-order valence-corrected chi connectivity index (χ4v) is 5.57. The van der Waals surface area contributed by atoms with Gasteiger partial charge in [-0.05, 0) is 24.1 Å². The number of hydrogen-bond acceptors (Lipinski definition) is 8. The number of esters is 1. The second kappa shape index (κ2) is 9.07. The summed E-state index contributed by atoms with van der Waals surface area (Å²) in [6.45, 7) is 1.98. The SMILES string of the molecule is Cc1c(C(=O)OCc2ccccc2)sc2ncnc(Nc3cccc4c3C(=O)c3ccccc3C4=O)c12. The van der Waals surface area contributed by atoms with Crippen molar-refractivity contribution < 1.29 is 19.1 Å². The lowest BCUT2D eigenvalue weighted by molar-refractivity contribution is 0.0477. The van der Waals surface area contributed by atoms with Crippen LogP contribution in [-0.4, -0.2) is 27.5 Å². The summed E-state index contributed by atoms with van der Waals surface area (Å²) < 4.78 is 5.54. The van der Waals surface area contributed by atoms with Crippen LogP contribution in [0.2, 0.25) is 0 Å². The third-order valence-corrected chi connectivity index (χ3v) is 7.51. The molecule has 0 unspecified atom stereocenters. The maximum absolute atomic E-state index is 13.4. The van der Waals surface area contributed by atoms with E-state index in [9.17, 15) is 14.4 Å². The summed E-state index contributed by atoms with van der Waals surface area (Å²) in [6.07, 6.45) is 1.40. The van der Waals surface area contributed by atoms with E-state index in [1.807, 2.05) is 37.3 Å². The fraction of sp³-hybridized carbons (Fsp3) is 0.0690. The van der Waals surface area contributed by atoms with Gasteiger partial charge in [0.2, 0.25) is 0 Å². The van der Waals surface area contributed by atoms with Crippen LogP contribution >= 0.6 is 11.3 Å². The summed E-state index contributed by atoms with van der Waals surface area (Å²) in [5, 5.41) is 3.90. The number of ether oxygens (including phenoxy) is 1. The minimum Gasteiger partial charge on any atom is -0.457 e. The zero-order chi connectivity index (χ0) is 25.5. The van der Waals surface area contributed by atoms with Gasteiger partial charge < -0.3 is 10.1 Å². The van der Waals surface area contributed by atoms with E-state index in [-0.39, 0.29) is 18.2 Å². The molecule has 1 aliphatic carbocycles. The Balaban J connectivity index is 1.36. The van der Waals surface area contributed by atoms with Crippen LogP contribution in [0.25, 0.3) is 10.2 Å². The van der Waals surface area contributed by atoms with Crippen molar-refractivity contribution in [2.45, 2.75) is 13.5 Å². The number of carbonyl (C=O) groups is 3. The maximum atomic E-state index is 13.4. The normalized spacial score (nSPS) is 12.2. The van der Waals surface area contributed by atoms with E-state index in [4.69, 9.17) is 4.74 Å². The summed E-state index contributed by atoms with van der Waals surface area (Å²) in [5.41, 5.74) is 3.44. The van der Waals surface area contributed by atoms with Crippen LogP contribution in [0.5, 0.6) is 0 Å². The number of hydrogen-bond donors (Lipinski definition) is 1. The molecule has 0 aliphatic heterocycles. The molecule has 0 saturated carbocycles. The highest BCUT2D eigenvalue weighted by atomic mass is 32.1. The van der Waals surface area contributed by atoms with Crippen LogP contribution < -0.4 is 5.32 Å². The lowest BCUT2D eigenvalue weighted by Crippen LogP contribution is -2.22. The van der Waals surface area contributed by atoms with Gasteiger partial charge in [0.25, 0.3) is 0 Å². The quantitative estimate of drug-likeness (QED) is 0.292. The van der Waals surface area contributed by atoms with Crippen molar-refractivity contribution in [2.24, 2.45) is 0 Å². The standard InChI is InChI=1S/C29H19N3O4S/c1-16-22-27(30-15-31-28(22)37-26(16)29(35)36-14-17-8-3-2-4-9-17)32-21-13-7-12-20-23(21)25(34)19-11-6-5-10-18(19)24(20)33/h2-13,15H,14H2,1H3,(H,30,31,32). The van der Waals surface area contributed by atoms with Crippen LogP contribution in [0.3, 0.4) is 0 Å². The Morgan fingerprint density at radius 3 is 2.35 bits per heavy atom. The smallest absolute Gasteiger partial charge is 0.349 e. The molecule has 0 bridgehead atoms. The number of aromatic nitrogens is 2. The van der Waals surface area contributed by atoms with Gasteiger partial charge >= 0.3 is 5.97 Å². The van der Waals surface area contributed by atoms with E-state index < -0.39 is 5.97 Å². The highest BCUT2D eigenvalue weighted by molar-refractivity contribution is 7.20. The molecule has 2 aromatic heterocycles. The Kier molecular flexibility index (Phi) is 5.58. The molecule has 8 heteroatoms. The van der Waals surface area contributed by atoms with Crippen molar-refractivity contribution in [3.63, 3.8) is 0 Å². The summed E-state index contributed by atoms with van der Waals surface area (Å²) in [5.74, 6) is -0.430. The first-order valence-electron chi connectivity index (χ1n) is 11.6. The first kappa shape index (κ1) is 22.8. The minimum atomic E-state index is -0.440. The van der Waals surface area contributed by atoms with Crippen LogP contribution in [0.4, 0.5) is 11.5 Å². The molecule has 6 rings (SSSR count). The molecule has 1 aliphatic rings. The predicted octanol–water partition coefficient (Wildman–Crippen LogP) is 5.88. The average Bonchev–Trinajstić information content (AvgIpc) is 3.28. The second-order valence-electron chi connectivity index (χ2n) is 8.58. The van der Waals surface area contributed by atoms with Crippen molar-refractivity contribution in [1.29, 1.82) is 0 Å². The number of rotatable bonds is 5. The van der Waals surface area contributed by atoms with Crippen molar-refractivity contribution in [2.75, 3.05) is 5.32 Å². The molecular weight excluding hydrogens is 486 g/mol. The predicted molar refractivity (Wildman–Crippen MR) is 141 cm³/mol. The van der Waals surface area contributed by atoms with Crippen molar-refractivity contribution in [3.8, 4) is 0 Å². The van der Waals surface area contributed by atoms with Crippen LogP contribution in [0.15, 0.2) is 79.1 Å². The van der Waals surface area contributed by atoms with Crippen LogP contribution in [0, 0.1) is 6.92 Å². The largest absolute Gasteiger partial charge is 0.457 e. The van der Waals surface area contributed by atoms with E-state index in [0.717, 1.165) is 5.56 Å². The molecule has 0 saturated heterocycles. The molecule has 3 aromatic carbocycles. The topological polar surface area (TPSA) is 98.2 Å². The molecule has 0 spiro atoms. The Hall–Kier alpha value is -4.69. The first-order chi connectivity index (χ1) is 18.0. The van der Waals surface area contributed by atoms with Crippen molar-refractivity contribution >= 4 is 50.6 Å². The number of nitrogens with one attached hydrogen (secondary N) is 1. The summed E-state index contributed by atoms with van der Waals surface area (Å²) >= 11 is 1.23. The summed E-state index contributed by atoms with van der Waals surface area (Å²) in [4.78, 5) is 49.2. The third kappa shape index (κ3) is 3.88. The van der Waals surface area contributed by atoms with Gasteiger partial charge in [-0.15, -0.1) is 11.3 Å². The molecule has 0 atom stereocenters. The van der Waals surface area contributed by atoms with Gasteiger partial charge in [0.1, 0.15) is 28.5 Å². The number of thiophene rings is 1. The number of nitrogens with zero attached hydrogens (tertiary/aromatic N) is 2. The second-order valence-corrected chi connectivity index (χ2v) is 9.58. The molecule has 5 aromatic rings. The monoisotopic (exact) mass is 505 g/mol. The zero-order valence-electron chi connectivity index (χ0n) is 19.6. The Labute approximate surface area is 215 Å². The lowest BCUT2D eigenvalue weighted by Gasteiger charge is -2.20. The summed E-state index contributed by atoms with van der Waals surface area (Å²) in [6, 6.07) is 21.4. The third-order valence-electron chi connectivity index (χ3n) is 6.33. The minimum absolute atomic E-state index is 0.165. The van der Waals surface area contributed by atoms with Gasteiger partial charge in [0.05, 0.1) is 16.6 Å². The molecule has 0 amide bonds. The van der Waals surface area contributed by atoms with Gasteiger partial charge in [0.15, 0.2) is 11.6 Å². The van der Waals surface area contributed by atoms with Crippen LogP contribution in [0.1, 0.15) is 52.6 Å². The average molecular weight is 506 g/mol. The van der Waals surface area contributed by atoms with Gasteiger partial charge in [0, 0.05) is 16.7 Å². The van der Waals surface area contributed by atoms with E-state index >= 15 is 0 Å². The molecule has 1 N–H and O–H groups in total. The molecule has 0 radical (unpaired) electrons. The van der Waals surface area contributed by atoms with E-state index in [2.05, 4.69) is 15.3 Å². The Morgan fingerprint density at radius 1 is 0.865 bits per heavy atom. The number of ketones is 2. The maximum Gasteiger partial charge on any atom is 0.349 e. The van der Waals surface area contributed by atoms with E-state index in [1.165, 1.54) is 17.7 Å². The molecule has 180 valence electrons. The number of aryl methyl sites for hydroxylation is 1. The summed E-state index contributed by atoms with van der Waals surface area (Å²) in [7, 11) is 0. The van der Waals surface area contributed by atoms with E-state index in [0.29, 0.717) is 54.4 Å². The first-order valence-corrected chi connectivity index (χ1v) is 12.4. The Morgan fingerprint density at radius 2 is 1.57 bits per heavy atom. The van der Waals surface area contributed by atoms with Crippen molar-refractivity contribution in [1.82, 2.24) is 9.97 Å². The van der Waals surface area contributed by atoms with E-state index in [1.54, 1.807) is 42.5 Å². The zero-order valence-corrected chi connectivity index (χ0v) is 20.5. The van der Waals surface area contributed by atoms with Crippen LogP contribution in [-0.2, 0) is 11.3 Å². The van der Waals surface area contributed by atoms with Gasteiger partial charge in [-0.2, -0.15) is 0 Å². The number of carbonyl (C=O) groups excluding carboxylic acids is 3. The van der Waals surface area contributed by atoms with Gasteiger partial charge in [-0.1, -0.05) is 66.7 Å².